The molecular weight excluding hydrogens is 369 g/mol. The zero-order chi connectivity index (χ0) is 17.3. The van der Waals surface area contributed by atoms with E-state index in [4.69, 9.17) is 34.8 Å². The number of nitrogens with zero attached hydrogens (tertiary/aromatic N) is 2. The molecule has 122 valence electrons. The van der Waals surface area contributed by atoms with Gasteiger partial charge >= 0.3 is 5.82 Å². The number of fused-ring (bicyclic) bond motifs is 1. The van der Waals surface area contributed by atoms with Crippen LogP contribution in [0.4, 0.5) is 0 Å². The van der Waals surface area contributed by atoms with Crippen LogP contribution in [0.2, 0.25) is 10.0 Å². The third kappa shape index (κ3) is 3.18. The summed E-state index contributed by atoms with van der Waals surface area (Å²) >= 11 is 18.2. The molecule has 2 aromatic carbocycles. The highest BCUT2D eigenvalue weighted by Gasteiger charge is 2.24. The number of carbonyl (C=O) groups is 1. The van der Waals surface area contributed by atoms with E-state index in [1.165, 1.54) is 0 Å². The molecule has 0 aliphatic heterocycles. The standard InChI is InChI=1S/C17H12Cl3N3O/c1-10-21-15-7-6-11(19)8-13(15)17(23(10)22-16(24)9-18)12-4-2-3-5-14(12)20/h2-8H,9H2,1H3/p+1. The Labute approximate surface area is 154 Å². The van der Waals surface area contributed by atoms with Gasteiger partial charge < -0.3 is 0 Å². The number of carbonyl (C=O) groups excluding carboxylic acids is 1. The van der Waals surface area contributed by atoms with Crippen LogP contribution in [0.1, 0.15) is 5.82 Å². The van der Waals surface area contributed by atoms with Gasteiger partial charge in [0.05, 0.1) is 10.4 Å². The first-order valence-electron chi connectivity index (χ1n) is 7.14. The largest absolute Gasteiger partial charge is 0.319 e. The molecule has 0 aliphatic carbocycles. The molecule has 1 N–H and O–H groups in total. The smallest absolute Gasteiger partial charge is 0.270 e. The molecule has 1 amide bonds. The number of benzene rings is 2. The lowest BCUT2D eigenvalue weighted by atomic mass is 10.1. The van der Waals surface area contributed by atoms with E-state index in [2.05, 4.69) is 10.4 Å². The van der Waals surface area contributed by atoms with E-state index >= 15 is 0 Å². The van der Waals surface area contributed by atoms with Crippen molar-refractivity contribution in [2.75, 3.05) is 11.3 Å². The van der Waals surface area contributed by atoms with Crippen LogP contribution >= 0.6 is 34.8 Å². The van der Waals surface area contributed by atoms with Gasteiger partial charge in [0.2, 0.25) is 0 Å². The predicted octanol–water partition coefficient (Wildman–Crippen LogP) is 4.11. The molecule has 0 aliphatic rings. The van der Waals surface area contributed by atoms with Crippen LogP contribution in [-0.2, 0) is 4.79 Å². The molecule has 7 heteroatoms. The molecule has 0 saturated carbocycles. The second kappa shape index (κ2) is 6.93. The van der Waals surface area contributed by atoms with Crippen LogP contribution in [0.15, 0.2) is 42.5 Å². The van der Waals surface area contributed by atoms with Crippen molar-refractivity contribution in [2.24, 2.45) is 0 Å². The van der Waals surface area contributed by atoms with Gasteiger partial charge in [-0.3, -0.25) is 4.79 Å². The van der Waals surface area contributed by atoms with Crippen molar-refractivity contribution in [2.45, 2.75) is 6.92 Å². The molecule has 1 heterocycles. The molecule has 0 fully saturated rings. The van der Waals surface area contributed by atoms with Crippen LogP contribution in [0.25, 0.3) is 22.2 Å². The lowest BCUT2D eigenvalue weighted by molar-refractivity contribution is -0.639. The van der Waals surface area contributed by atoms with Gasteiger partial charge in [-0.1, -0.05) is 35.3 Å². The maximum atomic E-state index is 11.9. The van der Waals surface area contributed by atoms with Crippen molar-refractivity contribution < 1.29 is 9.47 Å². The Kier molecular flexibility index (Phi) is 4.90. The fraction of sp³-hybridized carbons (Fsp3) is 0.118. The monoisotopic (exact) mass is 380 g/mol. The van der Waals surface area contributed by atoms with Crippen molar-refractivity contribution in [1.82, 2.24) is 4.98 Å². The van der Waals surface area contributed by atoms with Crippen LogP contribution in [0, 0.1) is 6.92 Å². The first kappa shape index (κ1) is 17.0. The molecule has 0 unspecified atom stereocenters. The van der Waals surface area contributed by atoms with Crippen molar-refractivity contribution in [3.8, 4) is 11.3 Å². The quantitative estimate of drug-likeness (QED) is 0.548. The summed E-state index contributed by atoms with van der Waals surface area (Å²) in [5.74, 6) is 0.0848. The third-order valence-electron chi connectivity index (χ3n) is 3.53. The first-order chi connectivity index (χ1) is 11.5. The summed E-state index contributed by atoms with van der Waals surface area (Å²) in [7, 11) is 0. The molecule has 1 aromatic heterocycles. The lowest BCUT2D eigenvalue weighted by Gasteiger charge is -2.12. The zero-order valence-corrected chi connectivity index (χ0v) is 15.0. The summed E-state index contributed by atoms with van der Waals surface area (Å²) in [6.45, 7) is 1.79. The summed E-state index contributed by atoms with van der Waals surface area (Å²) in [4.78, 5) is 16.4. The highest BCUT2D eigenvalue weighted by Crippen LogP contribution is 2.31. The molecule has 0 bridgehead atoms. The number of nitrogens with one attached hydrogen (secondary N) is 1. The zero-order valence-electron chi connectivity index (χ0n) is 12.7. The maximum Gasteiger partial charge on any atom is 0.319 e. The van der Waals surface area contributed by atoms with E-state index in [1.54, 1.807) is 29.8 Å². The molecule has 0 spiro atoms. The summed E-state index contributed by atoms with van der Waals surface area (Å²) < 4.78 is 1.59. The average Bonchev–Trinajstić information content (AvgIpc) is 2.57. The summed E-state index contributed by atoms with van der Waals surface area (Å²) in [6.07, 6.45) is 0. The second-order valence-electron chi connectivity index (χ2n) is 5.15. The molecule has 0 atom stereocenters. The Morgan fingerprint density at radius 3 is 2.67 bits per heavy atom. The van der Waals surface area contributed by atoms with Crippen LogP contribution in [0.3, 0.4) is 0 Å². The molecule has 24 heavy (non-hydrogen) atoms. The molecule has 3 rings (SSSR count). The Hall–Kier alpha value is -1.88. The lowest BCUT2D eigenvalue weighted by Crippen LogP contribution is -2.53. The van der Waals surface area contributed by atoms with Crippen molar-refractivity contribution >= 4 is 51.6 Å². The molecule has 3 aromatic rings. The van der Waals surface area contributed by atoms with Crippen LogP contribution in [0.5, 0.6) is 0 Å². The number of rotatable bonds is 3. The van der Waals surface area contributed by atoms with Crippen LogP contribution < -0.4 is 10.1 Å². The second-order valence-corrected chi connectivity index (χ2v) is 6.26. The van der Waals surface area contributed by atoms with Gasteiger partial charge in [-0.15, -0.1) is 16.3 Å². The van der Waals surface area contributed by atoms with Crippen LogP contribution in [-0.4, -0.2) is 16.8 Å². The maximum absolute atomic E-state index is 11.9. The predicted molar refractivity (Wildman–Crippen MR) is 97.2 cm³/mol. The van der Waals surface area contributed by atoms with Gasteiger partial charge in [0.25, 0.3) is 5.91 Å². The topological polar surface area (TPSA) is 45.9 Å². The number of aromatic nitrogens is 2. The van der Waals surface area contributed by atoms with Gasteiger partial charge in [0, 0.05) is 17.5 Å². The van der Waals surface area contributed by atoms with Gasteiger partial charge in [-0.05, 0) is 35.3 Å². The number of hydrogen-bond acceptors (Lipinski definition) is 2. The molecule has 0 saturated heterocycles. The van der Waals surface area contributed by atoms with Crippen molar-refractivity contribution in [3.63, 3.8) is 0 Å². The minimum atomic E-state index is -0.346. The summed E-state index contributed by atoms with van der Waals surface area (Å²) in [6, 6.07) is 12.8. The number of hydrogen-bond donors (Lipinski definition) is 1. The minimum Gasteiger partial charge on any atom is -0.270 e. The van der Waals surface area contributed by atoms with Crippen molar-refractivity contribution in [1.29, 1.82) is 0 Å². The number of halogens is 3. The van der Waals surface area contributed by atoms with E-state index in [1.807, 2.05) is 24.3 Å². The fourth-order valence-electron chi connectivity index (χ4n) is 2.51. The summed E-state index contributed by atoms with van der Waals surface area (Å²) in [5, 5.41) is 1.89. The SMILES string of the molecule is Cc1nc2ccc(Cl)cc2c(-c2ccccc2Cl)[n+]1NC(=O)CCl. The van der Waals surface area contributed by atoms with Crippen molar-refractivity contribution in [3.05, 3.63) is 58.3 Å². The van der Waals surface area contributed by atoms with Gasteiger partial charge in [0.1, 0.15) is 5.88 Å². The van der Waals surface area contributed by atoms with Gasteiger partial charge in [0.15, 0.2) is 11.2 Å². The Balaban J connectivity index is 2.40. The van der Waals surface area contributed by atoms with E-state index < -0.39 is 0 Å². The van der Waals surface area contributed by atoms with E-state index in [9.17, 15) is 4.79 Å². The van der Waals surface area contributed by atoms with Gasteiger partial charge in [-0.25, -0.2) is 0 Å². The Morgan fingerprint density at radius 2 is 1.96 bits per heavy atom. The molecular formula is C17H13Cl3N3O+. The normalized spacial score (nSPS) is 10.8. The first-order valence-corrected chi connectivity index (χ1v) is 8.43. The minimum absolute atomic E-state index is 0.165. The van der Waals surface area contributed by atoms with Gasteiger partial charge in [-0.2, -0.15) is 5.43 Å². The highest BCUT2D eigenvalue weighted by atomic mass is 35.5. The number of alkyl halides is 1. The fourth-order valence-corrected chi connectivity index (χ4v) is 2.97. The Bertz CT molecular complexity index is 944. The van der Waals surface area contributed by atoms with E-state index in [0.717, 1.165) is 16.5 Å². The van der Waals surface area contributed by atoms with E-state index in [0.29, 0.717) is 21.6 Å². The highest BCUT2D eigenvalue weighted by molar-refractivity contribution is 6.34. The summed E-state index contributed by atoms with van der Waals surface area (Å²) in [5.41, 5.74) is 4.95. The Morgan fingerprint density at radius 1 is 1.21 bits per heavy atom. The number of aryl methyl sites for hydroxylation is 1. The molecule has 4 nitrogen and oxygen atoms in total. The third-order valence-corrected chi connectivity index (χ3v) is 4.34. The van der Waals surface area contributed by atoms with E-state index in [-0.39, 0.29) is 11.8 Å². The average molecular weight is 382 g/mol. The molecule has 0 radical (unpaired) electrons. The number of amides is 1.